The summed E-state index contributed by atoms with van der Waals surface area (Å²) in [6.07, 6.45) is 6.98. The molecule has 0 aromatic heterocycles. The quantitative estimate of drug-likeness (QED) is 0.0329. The molecular weight excluding hydrogens is 957 g/mol. The van der Waals surface area contributed by atoms with Crippen LogP contribution in [0.5, 0.6) is 34.5 Å². The third-order valence-electron chi connectivity index (χ3n) is 11.6. The van der Waals surface area contributed by atoms with Crippen molar-refractivity contribution in [2.45, 2.75) is 37.8 Å². The van der Waals surface area contributed by atoms with E-state index in [1.54, 1.807) is 38.8 Å². The predicted molar refractivity (Wildman–Crippen MR) is 283 cm³/mol. The van der Waals surface area contributed by atoms with Crippen LogP contribution in [0.15, 0.2) is 82.8 Å². The number of hydrogen-bond acceptors (Lipinski definition) is 18. The Morgan fingerprint density at radius 3 is 1.04 bits per heavy atom. The first-order chi connectivity index (χ1) is 36.5. The second-order valence-corrected chi connectivity index (χ2v) is 16.8. The van der Waals surface area contributed by atoms with Gasteiger partial charge in [-0.25, -0.2) is 0 Å². The van der Waals surface area contributed by atoms with Crippen LogP contribution in [0.25, 0.3) is 22.3 Å². The highest BCUT2D eigenvalue weighted by Crippen LogP contribution is 2.40. The number of ether oxygens (including phenoxy) is 14. The van der Waals surface area contributed by atoms with Gasteiger partial charge in [-0.15, -0.1) is 0 Å². The Morgan fingerprint density at radius 1 is 0.405 bits per heavy atom. The first kappa shape index (κ1) is 59.5. The van der Waals surface area contributed by atoms with Crippen molar-refractivity contribution in [3.63, 3.8) is 0 Å². The molecule has 1 saturated carbocycles. The monoisotopic (exact) mass is 1030 g/mol. The van der Waals surface area contributed by atoms with Crippen LogP contribution in [0.2, 0.25) is 0 Å². The number of methoxy groups -OCH3 is 4. The SMILES string of the molecule is COCCOCCOCCOCCOCCOc1ccccc1-c1cc(C=NC2CCCCC2N=Cc2cc(-c3ccccc3OCCOCCOCCOCCOCCOC)cc(OC)c2O)c(O)c(OC)c1. The van der Waals surface area contributed by atoms with Crippen molar-refractivity contribution in [2.75, 3.05) is 161 Å². The zero-order chi connectivity index (χ0) is 52.3. The van der Waals surface area contributed by atoms with Crippen molar-refractivity contribution in [1.82, 2.24) is 0 Å². The van der Waals surface area contributed by atoms with E-state index in [1.807, 2.05) is 60.7 Å². The van der Waals surface area contributed by atoms with Crippen molar-refractivity contribution in [3.05, 3.63) is 83.9 Å². The van der Waals surface area contributed by atoms with Gasteiger partial charge in [-0.1, -0.05) is 49.2 Å². The molecule has 2 N–H and O–H groups in total. The van der Waals surface area contributed by atoms with Gasteiger partial charge in [0.1, 0.15) is 24.7 Å². The Labute approximate surface area is 436 Å². The minimum absolute atomic E-state index is 0.0200. The van der Waals surface area contributed by atoms with Crippen LogP contribution < -0.4 is 18.9 Å². The highest BCUT2D eigenvalue weighted by Gasteiger charge is 2.24. The third kappa shape index (κ3) is 21.5. The van der Waals surface area contributed by atoms with E-state index in [0.29, 0.717) is 166 Å². The average molecular weight is 1040 g/mol. The summed E-state index contributed by atoms with van der Waals surface area (Å²) in [5.41, 5.74) is 4.21. The molecule has 1 aliphatic carbocycles. The fraction of sp³-hybridized carbons (Fsp3) is 0.536. The number of nitrogens with zero attached hydrogens (tertiary/aromatic N) is 2. The fourth-order valence-electron chi connectivity index (χ4n) is 7.76. The lowest BCUT2D eigenvalue weighted by Gasteiger charge is -2.25. The standard InChI is InChI=1S/C56H78N2O16/c1-61-17-19-65-21-23-67-25-27-69-29-31-71-33-35-73-51-15-9-5-11-47(51)43-37-45(55(59)53(39-43)63-3)41-57-49-13-7-8-14-50(49)58-42-46-38-44(40-54(64-4)56(46)60)48-12-6-10-16-52(48)74-36-34-72-32-30-70-28-26-68-24-22-66-20-18-62-2/h5-6,9-12,15-16,37-42,49-50,59-60H,7-8,13-14,17-36H2,1-4H3. The predicted octanol–water partition coefficient (Wildman–Crippen LogP) is 7.48. The smallest absolute Gasteiger partial charge is 0.166 e. The van der Waals surface area contributed by atoms with Gasteiger partial charge in [0.25, 0.3) is 0 Å². The van der Waals surface area contributed by atoms with E-state index < -0.39 is 0 Å². The lowest BCUT2D eigenvalue weighted by atomic mass is 9.91. The van der Waals surface area contributed by atoms with Crippen molar-refractivity contribution < 1.29 is 76.5 Å². The van der Waals surface area contributed by atoms with Gasteiger partial charge in [0.15, 0.2) is 23.0 Å². The van der Waals surface area contributed by atoms with Gasteiger partial charge in [-0.05, 0) is 60.4 Å². The first-order valence-corrected chi connectivity index (χ1v) is 25.4. The highest BCUT2D eigenvalue weighted by atomic mass is 16.6. The summed E-state index contributed by atoms with van der Waals surface area (Å²) in [5, 5.41) is 22.6. The zero-order valence-electron chi connectivity index (χ0n) is 43.7. The second kappa shape index (κ2) is 36.5. The molecule has 1 aliphatic rings. The van der Waals surface area contributed by atoms with Crippen molar-refractivity contribution in [2.24, 2.45) is 9.98 Å². The molecule has 0 saturated heterocycles. The van der Waals surface area contributed by atoms with E-state index in [2.05, 4.69) is 0 Å². The summed E-state index contributed by atoms with van der Waals surface area (Å²) in [4.78, 5) is 10.0. The van der Waals surface area contributed by atoms with Gasteiger partial charge in [-0.3, -0.25) is 9.98 Å². The molecule has 5 rings (SSSR count). The van der Waals surface area contributed by atoms with Crippen LogP contribution in [0.3, 0.4) is 0 Å². The van der Waals surface area contributed by atoms with Gasteiger partial charge in [0, 0.05) is 48.9 Å². The Hall–Kier alpha value is -5.38. The number of aromatic hydroxyl groups is 2. The number of aliphatic imine (C=N–C) groups is 2. The van der Waals surface area contributed by atoms with Crippen LogP contribution in [0, 0.1) is 0 Å². The van der Waals surface area contributed by atoms with Gasteiger partial charge >= 0.3 is 0 Å². The lowest BCUT2D eigenvalue weighted by Crippen LogP contribution is -2.27. The molecule has 18 heteroatoms. The summed E-state index contributed by atoms with van der Waals surface area (Å²) in [7, 11) is 6.32. The van der Waals surface area contributed by atoms with Crippen LogP contribution in [0.1, 0.15) is 36.8 Å². The van der Waals surface area contributed by atoms with E-state index >= 15 is 0 Å². The molecule has 2 atom stereocenters. The Balaban J connectivity index is 1.14. The molecule has 408 valence electrons. The maximum absolute atomic E-state index is 11.3. The Morgan fingerprint density at radius 2 is 0.716 bits per heavy atom. The topological polar surface area (TPSA) is 194 Å². The lowest BCUT2D eigenvalue weighted by molar-refractivity contribution is -0.00977. The summed E-state index contributed by atoms with van der Waals surface area (Å²) in [6, 6.07) is 22.4. The molecule has 0 bridgehead atoms. The number of phenols is 2. The molecule has 0 heterocycles. The van der Waals surface area contributed by atoms with E-state index in [9.17, 15) is 10.2 Å². The molecule has 4 aromatic rings. The zero-order valence-corrected chi connectivity index (χ0v) is 43.7. The molecular formula is C56H78N2O16. The minimum atomic E-state index is -0.175. The van der Waals surface area contributed by atoms with Gasteiger partial charge in [-0.2, -0.15) is 0 Å². The van der Waals surface area contributed by atoms with Crippen LogP contribution in [-0.4, -0.2) is 195 Å². The fourth-order valence-corrected chi connectivity index (χ4v) is 7.76. The molecule has 0 spiro atoms. The average Bonchev–Trinajstić information content (AvgIpc) is 3.43. The Bertz CT molecular complexity index is 2060. The molecule has 1 fully saturated rings. The maximum Gasteiger partial charge on any atom is 0.166 e. The van der Waals surface area contributed by atoms with Crippen LogP contribution >= 0.6 is 0 Å². The Kier molecular flexibility index (Phi) is 29.4. The van der Waals surface area contributed by atoms with Crippen molar-refractivity contribution >= 4 is 12.4 Å². The normalized spacial score (nSPS) is 14.8. The molecule has 18 nitrogen and oxygen atoms in total. The second-order valence-electron chi connectivity index (χ2n) is 16.8. The summed E-state index contributed by atoms with van der Waals surface area (Å²) < 4.78 is 77.9. The number of phenolic OH excluding ortho intramolecular Hbond substituents is 2. The van der Waals surface area contributed by atoms with Crippen molar-refractivity contribution in [1.29, 1.82) is 0 Å². The summed E-state index contributed by atoms with van der Waals surface area (Å²) >= 11 is 0. The molecule has 74 heavy (non-hydrogen) atoms. The van der Waals surface area contributed by atoms with E-state index in [-0.39, 0.29) is 23.6 Å². The van der Waals surface area contributed by atoms with Crippen molar-refractivity contribution in [3.8, 4) is 56.8 Å². The highest BCUT2D eigenvalue weighted by molar-refractivity contribution is 5.90. The molecule has 0 aliphatic heterocycles. The van der Waals surface area contributed by atoms with E-state index in [4.69, 9.17) is 76.3 Å². The maximum atomic E-state index is 11.3. The van der Waals surface area contributed by atoms with Crippen LogP contribution in [-0.2, 0) is 47.4 Å². The number of benzene rings is 4. The number of hydrogen-bond donors (Lipinski definition) is 2. The number of para-hydroxylation sites is 2. The molecule has 2 unspecified atom stereocenters. The minimum Gasteiger partial charge on any atom is -0.504 e. The third-order valence-corrected chi connectivity index (χ3v) is 11.6. The van der Waals surface area contributed by atoms with E-state index in [1.165, 1.54) is 14.2 Å². The molecule has 0 radical (unpaired) electrons. The molecule has 4 aromatic carbocycles. The first-order valence-electron chi connectivity index (χ1n) is 25.4. The van der Waals surface area contributed by atoms with Gasteiger partial charge in [0.05, 0.1) is 145 Å². The van der Waals surface area contributed by atoms with E-state index in [0.717, 1.165) is 47.9 Å². The summed E-state index contributed by atoms with van der Waals surface area (Å²) in [6.45, 7) is 9.31. The molecule has 0 amide bonds. The summed E-state index contributed by atoms with van der Waals surface area (Å²) in [5.74, 6) is 1.89. The van der Waals surface area contributed by atoms with Gasteiger partial charge < -0.3 is 76.5 Å². The largest absolute Gasteiger partial charge is 0.504 e. The van der Waals surface area contributed by atoms with Crippen LogP contribution in [0.4, 0.5) is 0 Å². The number of rotatable bonds is 40. The van der Waals surface area contributed by atoms with Gasteiger partial charge in [0.2, 0.25) is 0 Å².